The molecule has 0 radical (unpaired) electrons. The van der Waals surface area contributed by atoms with Gasteiger partial charge in [-0.3, -0.25) is 9.69 Å². The van der Waals surface area contributed by atoms with E-state index >= 15 is 0 Å². The van der Waals surface area contributed by atoms with Crippen molar-refractivity contribution in [3.05, 3.63) is 28.7 Å². The summed E-state index contributed by atoms with van der Waals surface area (Å²) in [5.41, 5.74) is 1.14. The van der Waals surface area contributed by atoms with Crippen LogP contribution in [0.1, 0.15) is 13.8 Å². The molecule has 0 spiro atoms. The molecule has 3 N–H and O–H groups in total. The van der Waals surface area contributed by atoms with Gasteiger partial charge in [0.05, 0.1) is 12.6 Å². The molecule has 0 bridgehead atoms. The second kappa shape index (κ2) is 6.64. The van der Waals surface area contributed by atoms with Crippen molar-refractivity contribution in [2.75, 3.05) is 13.2 Å². The zero-order chi connectivity index (χ0) is 16.3. The Balaban J connectivity index is 1.93. The van der Waals surface area contributed by atoms with Crippen LogP contribution in [0.2, 0.25) is 0 Å². The highest BCUT2D eigenvalue weighted by Crippen LogP contribution is 2.18. The Hall–Kier alpha value is -1.64. The Labute approximate surface area is 136 Å². The third-order valence-electron chi connectivity index (χ3n) is 3.29. The number of halogens is 1. The zero-order valence-corrected chi connectivity index (χ0v) is 13.9. The summed E-state index contributed by atoms with van der Waals surface area (Å²) in [4.78, 5) is 25.0. The van der Waals surface area contributed by atoms with Gasteiger partial charge in [0.1, 0.15) is 17.9 Å². The number of rotatable bonds is 6. The van der Waals surface area contributed by atoms with Crippen molar-refractivity contribution in [3.63, 3.8) is 0 Å². The maximum absolute atomic E-state index is 12.1. The molecular formula is C14H18BrN3O4. The van der Waals surface area contributed by atoms with Crippen LogP contribution in [0.25, 0.3) is 0 Å². The Bertz CT molecular complexity index is 562. The largest absolute Gasteiger partial charge is 0.492 e. The second-order valence-corrected chi connectivity index (χ2v) is 6.48. The Morgan fingerprint density at radius 2 is 2.00 bits per heavy atom. The molecule has 1 heterocycles. The van der Waals surface area contributed by atoms with Crippen molar-refractivity contribution in [3.8, 4) is 5.75 Å². The minimum atomic E-state index is -0.927. The van der Waals surface area contributed by atoms with Gasteiger partial charge in [-0.25, -0.2) is 4.79 Å². The molecule has 0 aliphatic carbocycles. The first-order chi connectivity index (χ1) is 10.3. The van der Waals surface area contributed by atoms with Gasteiger partial charge in [-0.1, -0.05) is 15.9 Å². The van der Waals surface area contributed by atoms with Crippen LogP contribution in [-0.2, 0) is 4.79 Å². The van der Waals surface area contributed by atoms with Gasteiger partial charge in [0.2, 0.25) is 0 Å². The van der Waals surface area contributed by atoms with E-state index in [1.165, 1.54) is 0 Å². The maximum Gasteiger partial charge on any atom is 0.325 e. The Kier molecular flexibility index (Phi) is 5.05. The highest BCUT2D eigenvalue weighted by atomic mass is 79.9. The minimum absolute atomic E-state index is 0.0150. The molecule has 0 saturated carbocycles. The SMILES string of the molecule is CC1(C)NC(=O)N(C[C@@H](COc2ccc(Br)cc2)NO)C1=O. The third kappa shape index (κ3) is 3.76. The lowest BCUT2D eigenvalue weighted by atomic mass is 10.1. The standard InChI is InChI=1S/C14H18BrN3O4/c1-14(2)12(19)18(13(20)16-14)7-10(17-21)8-22-11-5-3-9(15)4-6-11/h3-6,10,17,21H,7-8H2,1-2H3,(H,16,20)/t10-/m0/s1. The van der Waals surface area contributed by atoms with Crippen molar-refractivity contribution in [2.24, 2.45) is 0 Å². The summed E-state index contributed by atoms with van der Waals surface area (Å²) in [5, 5.41) is 11.8. The normalized spacial score (nSPS) is 18.3. The van der Waals surface area contributed by atoms with E-state index < -0.39 is 17.6 Å². The van der Waals surface area contributed by atoms with Crippen molar-refractivity contribution in [2.45, 2.75) is 25.4 Å². The smallest absolute Gasteiger partial charge is 0.325 e. The van der Waals surface area contributed by atoms with Crippen LogP contribution in [0.3, 0.4) is 0 Å². The molecule has 1 atom stereocenters. The molecule has 0 unspecified atom stereocenters. The molecular weight excluding hydrogens is 354 g/mol. The molecule has 8 heteroatoms. The van der Waals surface area contributed by atoms with E-state index in [1.54, 1.807) is 26.0 Å². The minimum Gasteiger partial charge on any atom is -0.492 e. The van der Waals surface area contributed by atoms with Crippen LogP contribution in [0.5, 0.6) is 5.75 Å². The van der Waals surface area contributed by atoms with Gasteiger partial charge in [-0.2, -0.15) is 5.48 Å². The molecule has 1 aliphatic rings. The number of benzene rings is 1. The molecule has 1 fully saturated rings. The van der Waals surface area contributed by atoms with Crippen LogP contribution in [0.15, 0.2) is 28.7 Å². The topological polar surface area (TPSA) is 90.9 Å². The number of nitrogens with zero attached hydrogens (tertiary/aromatic N) is 1. The first kappa shape index (κ1) is 16.7. The van der Waals surface area contributed by atoms with Crippen molar-refractivity contribution in [1.82, 2.24) is 15.7 Å². The molecule has 2 rings (SSSR count). The van der Waals surface area contributed by atoms with Crippen molar-refractivity contribution >= 4 is 27.9 Å². The number of carbonyl (C=O) groups is 2. The maximum atomic E-state index is 12.1. The van der Waals surface area contributed by atoms with Crippen molar-refractivity contribution < 1.29 is 19.5 Å². The first-order valence-electron chi connectivity index (χ1n) is 6.75. The van der Waals surface area contributed by atoms with E-state index in [0.29, 0.717) is 5.75 Å². The Morgan fingerprint density at radius 1 is 1.36 bits per heavy atom. The van der Waals surface area contributed by atoms with Crippen LogP contribution in [-0.4, -0.2) is 46.8 Å². The molecule has 0 aromatic heterocycles. The fourth-order valence-corrected chi connectivity index (χ4v) is 2.33. The third-order valence-corrected chi connectivity index (χ3v) is 3.82. The average molecular weight is 372 g/mol. The molecule has 7 nitrogen and oxygen atoms in total. The van der Waals surface area contributed by atoms with Crippen LogP contribution >= 0.6 is 15.9 Å². The van der Waals surface area contributed by atoms with E-state index in [9.17, 15) is 14.8 Å². The molecule has 1 aromatic carbocycles. The van der Waals surface area contributed by atoms with Gasteiger partial charge in [-0.05, 0) is 38.1 Å². The van der Waals surface area contributed by atoms with E-state index in [1.807, 2.05) is 12.1 Å². The lowest BCUT2D eigenvalue weighted by molar-refractivity contribution is -0.130. The lowest BCUT2D eigenvalue weighted by Crippen LogP contribution is -2.46. The number of hydrogen-bond acceptors (Lipinski definition) is 5. The van der Waals surface area contributed by atoms with Gasteiger partial charge in [0.15, 0.2) is 0 Å². The predicted molar refractivity (Wildman–Crippen MR) is 82.7 cm³/mol. The van der Waals surface area contributed by atoms with Gasteiger partial charge < -0.3 is 15.3 Å². The van der Waals surface area contributed by atoms with Crippen LogP contribution in [0.4, 0.5) is 4.79 Å². The summed E-state index contributed by atoms with van der Waals surface area (Å²) in [6, 6.07) is 6.14. The van der Waals surface area contributed by atoms with Gasteiger partial charge in [0.25, 0.3) is 5.91 Å². The number of nitrogens with one attached hydrogen (secondary N) is 2. The summed E-state index contributed by atoms with van der Waals surface area (Å²) >= 11 is 3.32. The zero-order valence-electron chi connectivity index (χ0n) is 12.3. The number of hydrogen-bond donors (Lipinski definition) is 3. The van der Waals surface area contributed by atoms with Crippen LogP contribution in [0, 0.1) is 0 Å². The average Bonchev–Trinajstić information content (AvgIpc) is 2.66. The summed E-state index contributed by atoms with van der Waals surface area (Å²) in [7, 11) is 0. The first-order valence-corrected chi connectivity index (χ1v) is 7.55. The van der Waals surface area contributed by atoms with Crippen LogP contribution < -0.4 is 15.5 Å². The Morgan fingerprint density at radius 3 is 2.50 bits per heavy atom. The van der Waals surface area contributed by atoms with E-state index in [0.717, 1.165) is 9.37 Å². The predicted octanol–water partition coefficient (Wildman–Crippen LogP) is 1.51. The van der Waals surface area contributed by atoms with E-state index in [-0.39, 0.29) is 19.1 Å². The number of ether oxygens (including phenoxy) is 1. The summed E-state index contributed by atoms with van der Waals surface area (Å²) in [5.74, 6) is 0.294. The van der Waals surface area contributed by atoms with E-state index in [2.05, 4.69) is 26.7 Å². The second-order valence-electron chi connectivity index (χ2n) is 5.56. The van der Waals surface area contributed by atoms with Gasteiger partial charge >= 0.3 is 6.03 Å². The highest BCUT2D eigenvalue weighted by molar-refractivity contribution is 9.10. The quantitative estimate of drug-likeness (QED) is 0.520. The van der Waals surface area contributed by atoms with Gasteiger partial charge in [0, 0.05) is 4.47 Å². The monoisotopic (exact) mass is 371 g/mol. The summed E-state index contributed by atoms with van der Waals surface area (Å²) in [6.07, 6.45) is 0. The molecule has 120 valence electrons. The molecule has 1 aliphatic heterocycles. The summed E-state index contributed by atoms with van der Waals surface area (Å²) in [6.45, 7) is 3.39. The summed E-state index contributed by atoms with van der Waals surface area (Å²) < 4.78 is 6.46. The number of urea groups is 1. The molecule has 1 saturated heterocycles. The molecule has 3 amide bonds. The molecule has 22 heavy (non-hydrogen) atoms. The number of imide groups is 1. The number of amides is 3. The highest BCUT2D eigenvalue weighted by Gasteiger charge is 2.44. The number of hydroxylamine groups is 1. The van der Waals surface area contributed by atoms with E-state index in [4.69, 9.17) is 4.74 Å². The number of carbonyl (C=O) groups excluding carboxylic acids is 2. The fourth-order valence-electron chi connectivity index (χ4n) is 2.06. The lowest BCUT2D eigenvalue weighted by Gasteiger charge is -2.21. The fraction of sp³-hybridized carbons (Fsp3) is 0.429. The van der Waals surface area contributed by atoms with Crippen molar-refractivity contribution in [1.29, 1.82) is 0 Å². The van der Waals surface area contributed by atoms with Gasteiger partial charge in [-0.15, -0.1) is 0 Å². The molecule has 1 aromatic rings.